The zero-order chi connectivity index (χ0) is 17.4. The van der Waals surface area contributed by atoms with Crippen molar-refractivity contribution in [2.24, 2.45) is 11.0 Å². The maximum Gasteiger partial charge on any atom is 0.271 e. The van der Waals surface area contributed by atoms with Crippen LogP contribution in [-0.2, 0) is 0 Å². The number of hydrogen-bond donors (Lipinski definition) is 1. The van der Waals surface area contributed by atoms with Gasteiger partial charge in [0.2, 0.25) is 0 Å². The van der Waals surface area contributed by atoms with Gasteiger partial charge in [-0.1, -0.05) is 32.0 Å². The number of carbonyl (C=O) groups is 1. The van der Waals surface area contributed by atoms with E-state index in [0.717, 1.165) is 11.3 Å². The number of hydrazone groups is 1. The van der Waals surface area contributed by atoms with E-state index < -0.39 is 0 Å². The van der Waals surface area contributed by atoms with Gasteiger partial charge in [-0.15, -0.1) is 0 Å². The van der Waals surface area contributed by atoms with Crippen LogP contribution >= 0.6 is 0 Å². The summed E-state index contributed by atoms with van der Waals surface area (Å²) in [6, 6.07) is 14.5. The van der Waals surface area contributed by atoms with Gasteiger partial charge in [0.05, 0.1) is 19.9 Å². The van der Waals surface area contributed by atoms with E-state index in [9.17, 15) is 4.79 Å². The first kappa shape index (κ1) is 17.5. The molecule has 2 aromatic carbocycles. The summed E-state index contributed by atoms with van der Waals surface area (Å²) in [5, 5.41) is 4.02. The van der Waals surface area contributed by atoms with E-state index in [2.05, 4.69) is 24.4 Å². The van der Waals surface area contributed by atoms with Crippen LogP contribution in [0.15, 0.2) is 53.6 Å². The molecule has 0 unspecified atom stereocenters. The fraction of sp³-hybridized carbons (Fsp3) is 0.263. The average Bonchev–Trinajstić information content (AvgIpc) is 2.60. The summed E-state index contributed by atoms with van der Waals surface area (Å²) in [5.41, 5.74) is 3.80. The van der Waals surface area contributed by atoms with Crippen LogP contribution in [-0.4, -0.2) is 25.8 Å². The Morgan fingerprint density at radius 1 is 1.21 bits per heavy atom. The summed E-state index contributed by atoms with van der Waals surface area (Å²) >= 11 is 0. The highest BCUT2D eigenvalue weighted by Crippen LogP contribution is 2.17. The second-order valence-corrected chi connectivity index (χ2v) is 5.67. The van der Waals surface area contributed by atoms with Crippen molar-refractivity contribution < 1.29 is 14.3 Å². The van der Waals surface area contributed by atoms with Gasteiger partial charge in [-0.05, 0) is 36.2 Å². The monoisotopic (exact) mass is 326 g/mol. The predicted octanol–water partition coefficient (Wildman–Crippen LogP) is 3.49. The molecule has 0 aromatic heterocycles. The van der Waals surface area contributed by atoms with Crippen molar-refractivity contribution in [1.82, 2.24) is 5.43 Å². The zero-order valence-electron chi connectivity index (χ0n) is 14.2. The molecule has 0 fully saturated rings. The van der Waals surface area contributed by atoms with Gasteiger partial charge in [-0.25, -0.2) is 5.43 Å². The van der Waals surface area contributed by atoms with Crippen LogP contribution in [0.3, 0.4) is 0 Å². The van der Waals surface area contributed by atoms with E-state index in [0.29, 0.717) is 23.8 Å². The molecule has 0 radical (unpaired) electrons. The lowest BCUT2D eigenvalue weighted by molar-refractivity contribution is 0.0955. The van der Waals surface area contributed by atoms with E-state index in [1.807, 2.05) is 24.3 Å². The Morgan fingerprint density at radius 2 is 2.00 bits per heavy atom. The van der Waals surface area contributed by atoms with Gasteiger partial charge in [0.25, 0.3) is 5.91 Å². The third kappa shape index (κ3) is 5.12. The van der Waals surface area contributed by atoms with Gasteiger partial charge in [0.1, 0.15) is 11.5 Å². The minimum atomic E-state index is -0.300. The van der Waals surface area contributed by atoms with E-state index in [1.165, 1.54) is 0 Å². The summed E-state index contributed by atoms with van der Waals surface area (Å²) in [4.78, 5) is 12.1. The molecule has 0 aliphatic heterocycles. The SMILES string of the molecule is COc1cccc(C(=O)N/N=C/c2ccccc2OCC(C)C)c1. The molecule has 2 aromatic rings. The predicted molar refractivity (Wildman–Crippen MR) is 94.8 cm³/mol. The molecule has 0 heterocycles. The van der Waals surface area contributed by atoms with Crippen molar-refractivity contribution in [2.45, 2.75) is 13.8 Å². The molecular weight excluding hydrogens is 304 g/mol. The average molecular weight is 326 g/mol. The summed E-state index contributed by atoms with van der Waals surface area (Å²) < 4.78 is 10.9. The quantitative estimate of drug-likeness (QED) is 0.626. The van der Waals surface area contributed by atoms with Crippen molar-refractivity contribution in [3.8, 4) is 11.5 Å². The highest BCUT2D eigenvalue weighted by atomic mass is 16.5. The van der Waals surface area contributed by atoms with E-state index in [-0.39, 0.29) is 5.91 Å². The fourth-order valence-electron chi connectivity index (χ4n) is 1.96. The summed E-state index contributed by atoms with van der Waals surface area (Å²) in [7, 11) is 1.56. The number of ether oxygens (including phenoxy) is 2. The number of benzene rings is 2. The number of amides is 1. The number of hydrogen-bond acceptors (Lipinski definition) is 4. The first-order valence-corrected chi connectivity index (χ1v) is 7.79. The highest BCUT2D eigenvalue weighted by Gasteiger charge is 2.06. The number of carbonyl (C=O) groups excluding carboxylic acids is 1. The van der Waals surface area contributed by atoms with Gasteiger partial charge >= 0.3 is 0 Å². The number of methoxy groups -OCH3 is 1. The molecule has 0 bridgehead atoms. The first-order chi connectivity index (χ1) is 11.6. The molecule has 1 N–H and O–H groups in total. The standard InChI is InChI=1S/C19H22N2O3/c1-14(2)13-24-18-10-5-4-7-16(18)12-20-21-19(22)15-8-6-9-17(11-15)23-3/h4-12,14H,13H2,1-3H3,(H,21,22)/b20-12+. The van der Waals surface area contributed by atoms with Crippen molar-refractivity contribution in [3.63, 3.8) is 0 Å². The van der Waals surface area contributed by atoms with Crippen molar-refractivity contribution in [2.75, 3.05) is 13.7 Å². The largest absolute Gasteiger partial charge is 0.497 e. The summed E-state index contributed by atoms with van der Waals surface area (Å²) in [6.07, 6.45) is 1.58. The lowest BCUT2D eigenvalue weighted by atomic mass is 10.2. The molecule has 24 heavy (non-hydrogen) atoms. The Balaban J connectivity index is 2.02. The molecule has 0 aliphatic carbocycles. The lowest BCUT2D eigenvalue weighted by Crippen LogP contribution is -2.17. The smallest absolute Gasteiger partial charge is 0.271 e. The minimum absolute atomic E-state index is 0.300. The van der Waals surface area contributed by atoms with Crippen molar-refractivity contribution in [3.05, 3.63) is 59.7 Å². The Kier molecular flexibility index (Phi) is 6.37. The summed E-state index contributed by atoms with van der Waals surface area (Å²) in [6.45, 7) is 4.80. The molecule has 0 saturated heterocycles. The topological polar surface area (TPSA) is 59.9 Å². The molecule has 0 aliphatic rings. The zero-order valence-corrected chi connectivity index (χ0v) is 14.2. The first-order valence-electron chi connectivity index (χ1n) is 7.79. The second-order valence-electron chi connectivity index (χ2n) is 5.67. The van der Waals surface area contributed by atoms with E-state index in [1.54, 1.807) is 37.6 Å². The third-order valence-corrected chi connectivity index (χ3v) is 3.19. The number of rotatable bonds is 7. The molecular formula is C19H22N2O3. The van der Waals surface area contributed by atoms with E-state index >= 15 is 0 Å². The molecule has 1 amide bonds. The number of nitrogens with one attached hydrogen (secondary N) is 1. The lowest BCUT2D eigenvalue weighted by Gasteiger charge is -2.10. The molecule has 5 nitrogen and oxygen atoms in total. The molecule has 5 heteroatoms. The highest BCUT2D eigenvalue weighted by molar-refractivity contribution is 5.95. The Bertz CT molecular complexity index is 711. The van der Waals surface area contributed by atoms with Crippen LogP contribution in [0.4, 0.5) is 0 Å². The Labute approximate surface area is 142 Å². The Morgan fingerprint density at radius 3 is 2.75 bits per heavy atom. The number of para-hydroxylation sites is 1. The maximum atomic E-state index is 12.1. The third-order valence-electron chi connectivity index (χ3n) is 3.19. The normalized spacial score (nSPS) is 10.8. The van der Waals surface area contributed by atoms with Gasteiger partial charge < -0.3 is 9.47 Å². The molecule has 0 spiro atoms. The van der Waals surface area contributed by atoms with Gasteiger partial charge in [0.15, 0.2) is 0 Å². The van der Waals surface area contributed by atoms with Crippen LogP contribution in [0, 0.1) is 5.92 Å². The van der Waals surface area contributed by atoms with Crippen LogP contribution < -0.4 is 14.9 Å². The Hall–Kier alpha value is -2.82. The number of nitrogens with zero attached hydrogens (tertiary/aromatic N) is 1. The molecule has 0 saturated carbocycles. The van der Waals surface area contributed by atoms with Crippen LogP contribution in [0.25, 0.3) is 0 Å². The molecule has 126 valence electrons. The van der Waals surface area contributed by atoms with Gasteiger partial charge in [-0.3, -0.25) is 4.79 Å². The van der Waals surface area contributed by atoms with Crippen LogP contribution in [0.2, 0.25) is 0 Å². The summed E-state index contributed by atoms with van der Waals surface area (Å²) in [5.74, 6) is 1.50. The molecule has 0 atom stereocenters. The van der Waals surface area contributed by atoms with Crippen molar-refractivity contribution >= 4 is 12.1 Å². The fourth-order valence-corrected chi connectivity index (χ4v) is 1.96. The molecule has 2 rings (SSSR count). The minimum Gasteiger partial charge on any atom is -0.497 e. The van der Waals surface area contributed by atoms with Crippen molar-refractivity contribution in [1.29, 1.82) is 0 Å². The van der Waals surface area contributed by atoms with Gasteiger partial charge in [-0.2, -0.15) is 5.10 Å². The van der Waals surface area contributed by atoms with Crippen LogP contribution in [0.1, 0.15) is 29.8 Å². The van der Waals surface area contributed by atoms with Gasteiger partial charge in [0, 0.05) is 11.1 Å². The second kappa shape index (κ2) is 8.72. The van der Waals surface area contributed by atoms with Crippen LogP contribution in [0.5, 0.6) is 11.5 Å². The maximum absolute atomic E-state index is 12.1. The van der Waals surface area contributed by atoms with E-state index in [4.69, 9.17) is 9.47 Å².